The summed E-state index contributed by atoms with van der Waals surface area (Å²) < 4.78 is 0. The third-order valence-electron chi connectivity index (χ3n) is 5.57. The van der Waals surface area contributed by atoms with Gasteiger partial charge in [0.25, 0.3) is 0 Å². The Bertz CT molecular complexity index is 966. The second kappa shape index (κ2) is 6.44. The summed E-state index contributed by atoms with van der Waals surface area (Å²) in [6.07, 6.45) is 1.96. The van der Waals surface area contributed by atoms with Gasteiger partial charge in [0.1, 0.15) is 6.04 Å². The van der Waals surface area contributed by atoms with Gasteiger partial charge in [-0.2, -0.15) is 0 Å². The van der Waals surface area contributed by atoms with Gasteiger partial charge in [-0.3, -0.25) is 9.59 Å². The van der Waals surface area contributed by atoms with Gasteiger partial charge in [-0.25, -0.2) is 0 Å². The Morgan fingerprint density at radius 2 is 1.86 bits per heavy atom. The molecule has 2 amide bonds. The fourth-order valence-electron chi connectivity index (χ4n) is 3.74. The van der Waals surface area contributed by atoms with Crippen molar-refractivity contribution in [3.63, 3.8) is 0 Å². The Labute approximate surface area is 163 Å². The van der Waals surface area contributed by atoms with E-state index in [1.54, 1.807) is 25.1 Å². The van der Waals surface area contributed by atoms with Gasteiger partial charge in [-0.05, 0) is 54.3 Å². The molecule has 4 rings (SSSR count). The fourth-order valence-corrected chi connectivity index (χ4v) is 3.74. The van der Waals surface area contributed by atoms with Gasteiger partial charge >= 0.3 is 0 Å². The van der Waals surface area contributed by atoms with Crippen LogP contribution in [0.5, 0.6) is 11.5 Å². The van der Waals surface area contributed by atoms with Crippen LogP contribution in [0.1, 0.15) is 24.0 Å². The van der Waals surface area contributed by atoms with Gasteiger partial charge in [0.05, 0.1) is 5.41 Å². The number of fused-ring (bicyclic) bond motifs is 1. The van der Waals surface area contributed by atoms with Crippen LogP contribution in [0.2, 0.25) is 0 Å². The van der Waals surface area contributed by atoms with Crippen LogP contribution in [0.3, 0.4) is 0 Å². The van der Waals surface area contributed by atoms with Crippen molar-refractivity contribution in [3.8, 4) is 11.5 Å². The van der Waals surface area contributed by atoms with Gasteiger partial charge < -0.3 is 25.7 Å². The number of benzene rings is 2. The number of rotatable bonds is 4. The van der Waals surface area contributed by atoms with Gasteiger partial charge in [0.2, 0.25) is 11.8 Å². The molecule has 1 fully saturated rings. The molecule has 1 atom stereocenters. The maximum atomic E-state index is 12.9. The van der Waals surface area contributed by atoms with Gasteiger partial charge in [-0.1, -0.05) is 6.07 Å². The van der Waals surface area contributed by atoms with Crippen molar-refractivity contribution < 1.29 is 19.8 Å². The molecule has 1 saturated carbocycles. The summed E-state index contributed by atoms with van der Waals surface area (Å²) in [5, 5.41) is 25.5. The van der Waals surface area contributed by atoms with Crippen LogP contribution < -0.4 is 10.6 Å². The molecule has 1 unspecified atom stereocenters. The summed E-state index contributed by atoms with van der Waals surface area (Å²) in [4.78, 5) is 26.7. The monoisotopic (exact) mass is 381 g/mol. The highest BCUT2D eigenvalue weighted by molar-refractivity contribution is 6.01. The number of amides is 2. The summed E-state index contributed by atoms with van der Waals surface area (Å²) in [5.41, 5.74) is 2.59. The first kappa shape index (κ1) is 18.2. The molecular weight excluding hydrogens is 358 g/mol. The van der Waals surface area contributed by atoms with Gasteiger partial charge in [0, 0.05) is 31.9 Å². The number of nitrogens with zero attached hydrogens (tertiary/aromatic N) is 1. The van der Waals surface area contributed by atoms with Crippen molar-refractivity contribution in [1.82, 2.24) is 4.90 Å². The Morgan fingerprint density at radius 3 is 2.50 bits per heavy atom. The van der Waals surface area contributed by atoms with Crippen molar-refractivity contribution in [1.29, 1.82) is 0 Å². The predicted molar refractivity (Wildman–Crippen MR) is 106 cm³/mol. The standard InChI is InChI=1S/C21H23N3O4/c1-24(2)19(27)16-10-12-9-14(4-5-15(12)23-16)22-20(28)21(7-8-21)13-3-6-17(25)18(26)11-13/h3-6,9,11,16,23,25-26H,7-8,10H2,1-2H3,(H,22,28). The normalized spacial score (nSPS) is 18.7. The zero-order valence-electron chi connectivity index (χ0n) is 15.8. The minimum absolute atomic E-state index is 0.0193. The Hall–Kier alpha value is -3.22. The van der Waals surface area contributed by atoms with Crippen LogP contribution in [-0.4, -0.2) is 47.1 Å². The van der Waals surface area contributed by atoms with E-state index in [1.165, 1.54) is 12.1 Å². The molecule has 1 heterocycles. The summed E-state index contributed by atoms with van der Waals surface area (Å²) in [6.45, 7) is 0. The van der Waals surface area contributed by atoms with Crippen LogP contribution in [-0.2, 0) is 21.4 Å². The molecule has 0 saturated heterocycles. The lowest BCUT2D eigenvalue weighted by atomic mass is 9.94. The van der Waals surface area contributed by atoms with Crippen molar-refractivity contribution >= 4 is 23.2 Å². The third-order valence-corrected chi connectivity index (χ3v) is 5.57. The highest BCUT2D eigenvalue weighted by atomic mass is 16.3. The largest absolute Gasteiger partial charge is 0.504 e. The average molecular weight is 381 g/mol. The Morgan fingerprint density at radius 1 is 1.11 bits per heavy atom. The van der Waals surface area contributed by atoms with Crippen molar-refractivity contribution in [2.75, 3.05) is 24.7 Å². The molecule has 28 heavy (non-hydrogen) atoms. The van der Waals surface area contributed by atoms with E-state index in [9.17, 15) is 19.8 Å². The fraction of sp³-hybridized carbons (Fsp3) is 0.333. The summed E-state index contributed by atoms with van der Waals surface area (Å²) in [7, 11) is 3.46. The van der Waals surface area contributed by atoms with E-state index in [1.807, 2.05) is 18.2 Å². The van der Waals surface area contributed by atoms with Crippen LogP contribution in [0.15, 0.2) is 36.4 Å². The van der Waals surface area contributed by atoms with Crippen LogP contribution in [0.25, 0.3) is 0 Å². The minimum Gasteiger partial charge on any atom is -0.504 e. The average Bonchev–Trinajstić information content (AvgIpc) is 3.37. The van der Waals surface area contributed by atoms with E-state index in [4.69, 9.17) is 0 Å². The van der Waals surface area contributed by atoms with Crippen LogP contribution >= 0.6 is 0 Å². The predicted octanol–water partition coefficient (Wildman–Crippen LogP) is 2.19. The maximum Gasteiger partial charge on any atom is 0.244 e. The first-order valence-electron chi connectivity index (χ1n) is 9.25. The smallest absolute Gasteiger partial charge is 0.244 e. The molecule has 7 heteroatoms. The first-order chi connectivity index (χ1) is 13.3. The molecule has 7 nitrogen and oxygen atoms in total. The van der Waals surface area contributed by atoms with E-state index in [0.717, 1.165) is 11.3 Å². The molecule has 4 N–H and O–H groups in total. The maximum absolute atomic E-state index is 12.9. The lowest BCUT2D eigenvalue weighted by Gasteiger charge is -2.17. The molecule has 2 aliphatic rings. The highest BCUT2D eigenvalue weighted by Gasteiger charge is 2.51. The molecule has 0 bridgehead atoms. The van der Waals surface area contributed by atoms with Gasteiger partial charge in [0.15, 0.2) is 11.5 Å². The molecule has 146 valence electrons. The molecular formula is C21H23N3O4. The second-order valence-electron chi connectivity index (χ2n) is 7.75. The molecule has 1 aliphatic heterocycles. The third kappa shape index (κ3) is 3.02. The Kier molecular flexibility index (Phi) is 4.18. The zero-order chi connectivity index (χ0) is 20.1. The quantitative estimate of drug-likeness (QED) is 0.608. The Balaban J connectivity index is 1.50. The number of likely N-dealkylation sites (N-methyl/N-ethyl adjacent to an activating group) is 1. The SMILES string of the molecule is CN(C)C(=O)C1Cc2cc(NC(=O)C3(c4ccc(O)c(O)c4)CC3)ccc2N1. The van der Waals surface area contributed by atoms with Crippen molar-refractivity contribution in [2.45, 2.75) is 30.7 Å². The van der Waals surface area contributed by atoms with Crippen molar-refractivity contribution in [2.24, 2.45) is 0 Å². The molecule has 1 aliphatic carbocycles. The topological polar surface area (TPSA) is 102 Å². The van der Waals surface area contributed by atoms with E-state index in [0.29, 0.717) is 30.5 Å². The first-order valence-corrected chi connectivity index (χ1v) is 9.25. The zero-order valence-corrected chi connectivity index (χ0v) is 15.8. The number of carbonyl (C=O) groups is 2. The van der Waals surface area contributed by atoms with Crippen molar-refractivity contribution in [3.05, 3.63) is 47.5 Å². The molecule has 0 radical (unpaired) electrons. The van der Waals surface area contributed by atoms with E-state index >= 15 is 0 Å². The lowest BCUT2D eigenvalue weighted by molar-refractivity contribution is -0.129. The summed E-state index contributed by atoms with van der Waals surface area (Å²) in [6, 6.07) is 9.83. The van der Waals surface area contributed by atoms with E-state index in [-0.39, 0.29) is 29.4 Å². The lowest BCUT2D eigenvalue weighted by Crippen LogP contribution is -2.37. The summed E-state index contributed by atoms with van der Waals surface area (Å²) in [5.74, 6) is -0.542. The van der Waals surface area contributed by atoms with Crippen LogP contribution in [0, 0.1) is 0 Å². The summed E-state index contributed by atoms with van der Waals surface area (Å²) >= 11 is 0. The molecule has 2 aromatic rings. The molecule has 0 spiro atoms. The second-order valence-corrected chi connectivity index (χ2v) is 7.75. The highest BCUT2D eigenvalue weighted by Crippen LogP contribution is 2.50. The molecule has 0 aromatic heterocycles. The van der Waals surface area contributed by atoms with E-state index in [2.05, 4.69) is 10.6 Å². The minimum atomic E-state index is -0.675. The van der Waals surface area contributed by atoms with Gasteiger partial charge in [-0.15, -0.1) is 0 Å². The number of anilines is 2. The number of phenols is 2. The number of hydrogen-bond donors (Lipinski definition) is 4. The number of nitrogens with one attached hydrogen (secondary N) is 2. The number of hydrogen-bond acceptors (Lipinski definition) is 5. The number of aromatic hydroxyl groups is 2. The van der Waals surface area contributed by atoms with E-state index < -0.39 is 5.41 Å². The molecule has 2 aromatic carbocycles. The van der Waals surface area contributed by atoms with Crippen LogP contribution in [0.4, 0.5) is 11.4 Å². The number of carbonyl (C=O) groups excluding carboxylic acids is 2. The number of phenolic OH excluding ortho intramolecular Hbond substituents is 2.